The van der Waals surface area contributed by atoms with Crippen LogP contribution in [-0.2, 0) is 13.1 Å². The van der Waals surface area contributed by atoms with Crippen LogP contribution in [0.5, 0.6) is 0 Å². The Morgan fingerprint density at radius 1 is 1.07 bits per heavy atom. The van der Waals surface area contributed by atoms with Crippen molar-refractivity contribution in [2.45, 2.75) is 39.9 Å². The molecular weight excluding hydrogens is 352 g/mol. The standard InChI is InChI=1S/C21H28N6O/c1-4-27-19(9-10-22-27)15-25-11-13-26(14-12-25)17(3)21-23-20(24-28-21)18-7-5-16(2)6-8-18/h5-10,17H,4,11-15H2,1-3H3. The van der Waals surface area contributed by atoms with E-state index in [1.165, 1.54) is 11.3 Å². The lowest BCUT2D eigenvalue weighted by molar-refractivity contribution is 0.0831. The van der Waals surface area contributed by atoms with E-state index < -0.39 is 0 Å². The van der Waals surface area contributed by atoms with Crippen LogP contribution in [0, 0.1) is 6.92 Å². The van der Waals surface area contributed by atoms with E-state index in [1.807, 2.05) is 18.3 Å². The van der Waals surface area contributed by atoms with Crippen LogP contribution in [0.1, 0.15) is 37.0 Å². The van der Waals surface area contributed by atoms with Crippen molar-refractivity contribution in [1.29, 1.82) is 0 Å². The molecule has 4 rings (SSSR count). The first-order chi connectivity index (χ1) is 13.6. The molecule has 1 saturated heterocycles. The number of rotatable bonds is 6. The van der Waals surface area contributed by atoms with E-state index in [0.29, 0.717) is 11.7 Å². The Morgan fingerprint density at radius 3 is 2.54 bits per heavy atom. The van der Waals surface area contributed by atoms with Gasteiger partial charge in [0.15, 0.2) is 0 Å². The van der Waals surface area contributed by atoms with Crippen molar-refractivity contribution in [2.24, 2.45) is 0 Å². The maximum Gasteiger partial charge on any atom is 0.244 e. The lowest BCUT2D eigenvalue weighted by Crippen LogP contribution is -2.46. The van der Waals surface area contributed by atoms with Crippen LogP contribution in [0.4, 0.5) is 0 Å². The predicted molar refractivity (Wildman–Crippen MR) is 108 cm³/mol. The second-order valence-electron chi connectivity index (χ2n) is 7.45. The lowest BCUT2D eigenvalue weighted by Gasteiger charge is -2.36. The number of aryl methyl sites for hydroxylation is 2. The van der Waals surface area contributed by atoms with Gasteiger partial charge in [0.05, 0.1) is 11.7 Å². The van der Waals surface area contributed by atoms with Gasteiger partial charge in [0.2, 0.25) is 11.7 Å². The quantitative estimate of drug-likeness (QED) is 0.655. The fourth-order valence-corrected chi connectivity index (χ4v) is 3.70. The Labute approximate surface area is 166 Å². The molecule has 2 aromatic heterocycles. The van der Waals surface area contributed by atoms with E-state index in [2.05, 4.69) is 68.7 Å². The molecule has 1 aromatic carbocycles. The second-order valence-corrected chi connectivity index (χ2v) is 7.45. The molecule has 0 saturated carbocycles. The molecule has 1 unspecified atom stereocenters. The molecule has 0 N–H and O–H groups in total. The number of benzene rings is 1. The molecular formula is C21H28N6O. The summed E-state index contributed by atoms with van der Waals surface area (Å²) in [5.74, 6) is 1.35. The summed E-state index contributed by atoms with van der Waals surface area (Å²) in [4.78, 5) is 9.54. The molecule has 0 radical (unpaired) electrons. The Kier molecular flexibility index (Phi) is 5.54. The molecule has 3 aromatic rings. The average Bonchev–Trinajstić information content (AvgIpc) is 3.38. The van der Waals surface area contributed by atoms with Crippen LogP contribution in [0.3, 0.4) is 0 Å². The monoisotopic (exact) mass is 380 g/mol. The van der Waals surface area contributed by atoms with Crippen LogP contribution < -0.4 is 0 Å². The van der Waals surface area contributed by atoms with Crippen molar-refractivity contribution in [3.05, 3.63) is 53.7 Å². The molecule has 1 atom stereocenters. The van der Waals surface area contributed by atoms with Crippen molar-refractivity contribution in [3.63, 3.8) is 0 Å². The van der Waals surface area contributed by atoms with E-state index in [1.54, 1.807) is 0 Å². The van der Waals surface area contributed by atoms with Gasteiger partial charge in [-0.05, 0) is 26.8 Å². The van der Waals surface area contributed by atoms with Crippen LogP contribution in [0.25, 0.3) is 11.4 Å². The summed E-state index contributed by atoms with van der Waals surface area (Å²) in [5.41, 5.74) is 3.49. The van der Waals surface area contributed by atoms with Crippen molar-refractivity contribution >= 4 is 0 Å². The number of hydrogen-bond acceptors (Lipinski definition) is 6. The van der Waals surface area contributed by atoms with Gasteiger partial charge in [0.1, 0.15) is 0 Å². The van der Waals surface area contributed by atoms with Crippen molar-refractivity contribution in [1.82, 2.24) is 29.7 Å². The summed E-state index contributed by atoms with van der Waals surface area (Å²) >= 11 is 0. The maximum atomic E-state index is 5.58. The summed E-state index contributed by atoms with van der Waals surface area (Å²) in [6.45, 7) is 12.3. The van der Waals surface area contributed by atoms with Gasteiger partial charge in [0, 0.05) is 51.0 Å². The Hall–Kier alpha value is -2.51. The molecule has 0 amide bonds. The highest BCUT2D eigenvalue weighted by Gasteiger charge is 2.26. The largest absolute Gasteiger partial charge is 0.337 e. The fourth-order valence-electron chi connectivity index (χ4n) is 3.70. The van der Waals surface area contributed by atoms with Gasteiger partial charge in [-0.1, -0.05) is 35.0 Å². The van der Waals surface area contributed by atoms with Gasteiger partial charge in [-0.25, -0.2) is 0 Å². The number of nitrogens with zero attached hydrogens (tertiary/aromatic N) is 6. The highest BCUT2D eigenvalue weighted by atomic mass is 16.5. The van der Waals surface area contributed by atoms with Crippen molar-refractivity contribution in [3.8, 4) is 11.4 Å². The van der Waals surface area contributed by atoms with Crippen molar-refractivity contribution < 1.29 is 4.52 Å². The Balaban J connectivity index is 1.35. The Bertz CT molecular complexity index is 892. The van der Waals surface area contributed by atoms with Crippen LogP contribution in [-0.4, -0.2) is 55.9 Å². The first-order valence-corrected chi connectivity index (χ1v) is 10.0. The third-order valence-corrected chi connectivity index (χ3v) is 5.55. The highest BCUT2D eigenvalue weighted by Crippen LogP contribution is 2.24. The number of hydrogen-bond donors (Lipinski definition) is 0. The topological polar surface area (TPSA) is 63.2 Å². The molecule has 7 heteroatoms. The third-order valence-electron chi connectivity index (χ3n) is 5.55. The van der Waals surface area contributed by atoms with E-state index in [9.17, 15) is 0 Å². The summed E-state index contributed by atoms with van der Waals surface area (Å²) in [5, 5.41) is 8.55. The van der Waals surface area contributed by atoms with Gasteiger partial charge < -0.3 is 4.52 Å². The molecule has 1 fully saturated rings. The fraction of sp³-hybridized carbons (Fsp3) is 0.476. The summed E-state index contributed by atoms with van der Waals surface area (Å²) in [6.07, 6.45) is 1.89. The molecule has 1 aliphatic heterocycles. The van der Waals surface area contributed by atoms with Gasteiger partial charge >= 0.3 is 0 Å². The van der Waals surface area contributed by atoms with Crippen LogP contribution in [0.15, 0.2) is 41.1 Å². The molecule has 148 valence electrons. The molecule has 0 aliphatic carbocycles. The lowest BCUT2D eigenvalue weighted by atomic mass is 10.1. The molecule has 1 aliphatic rings. The average molecular weight is 380 g/mol. The van der Waals surface area contributed by atoms with Gasteiger partial charge in [-0.2, -0.15) is 10.1 Å². The molecule has 28 heavy (non-hydrogen) atoms. The predicted octanol–water partition coefficient (Wildman–Crippen LogP) is 3.14. The third kappa shape index (κ3) is 4.00. The normalized spacial score (nSPS) is 17.1. The molecule has 0 bridgehead atoms. The second kappa shape index (κ2) is 8.24. The van der Waals surface area contributed by atoms with Gasteiger partial charge in [0.25, 0.3) is 0 Å². The highest BCUT2D eigenvalue weighted by molar-refractivity contribution is 5.54. The number of piperazine rings is 1. The summed E-state index contributed by atoms with van der Waals surface area (Å²) in [7, 11) is 0. The van der Waals surface area contributed by atoms with Crippen LogP contribution >= 0.6 is 0 Å². The summed E-state index contributed by atoms with van der Waals surface area (Å²) in [6, 6.07) is 10.4. The SMILES string of the molecule is CCn1nccc1CN1CCN(C(C)c2nc(-c3ccc(C)cc3)no2)CC1. The zero-order valence-electron chi connectivity index (χ0n) is 16.9. The zero-order chi connectivity index (χ0) is 19.5. The minimum absolute atomic E-state index is 0.120. The zero-order valence-corrected chi connectivity index (χ0v) is 16.9. The van der Waals surface area contributed by atoms with Crippen molar-refractivity contribution in [2.75, 3.05) is 26.2 Å². The van der Waals surface area contributed by atoms with Crippen LogP contribution in [0.2, 0.25) is 0 Å². The van der Waals surface area contributed by atoms with E-state index in [4.69, 9.17) is 4.52 Å². The maximum absolute atomic E-state index is 5.58. The molecule has 3 heterocycles. The minimum Gasteiger partial charge on any atom is -0.337 e. The number of aromatic nitrogens is 4. The van der Waals surface area contributed by atoms with E-state index in [0.717, 1.165) is 44.8 Å². The van der Waals surface area contributed by atoms with E-state index in [-0.39, 0.29) is 6.04 Å². The van der Waals surface area contributed by atoms with Gasteiger partial charge in [-0.15, -0.1) is 0 Å². The summed E-state index contributed by atoms with van der Waals surface area (Å²) < 4.78 is 7.65. The first-order valence-electron chi connectivity index (χ1n) is 10.0. The smallest absolute Gasteiger partial charge is 0.244 e. The minimum atomic E-state index is 0.120. The molecule has 7 nitrogen and oxygen atoms in total. The van der Waals surface area contributed by atoms with E-state index >= 15 is 0 Å². The Morgan fingerprint density at radius 2 is 1.82 bits per heavy atom. The first kappa shape index (κ1) is 18.8. The molecule has 0 spiro atoms. The van der Waals surface area contributed by atoms with Gasteiger partial charge in [-0.3, -0.25) is 14.5 Å².